The summed E-state index contributed by atoms with van der Waals surface area (Å²) in [6.45, 7) is 2.37. The first kappa shape index (κ1) is 14.1. The molecule has 0 aliphatic carbocycles. The highest BCUT2D eigenvalue weighted by Gasteiger charge is 2.28. The average molecular weight is 305 g/mol. The third kappa shape index (κ3) is 2.78. The van der Waals surface area contributed by atoms with Crippen molar-refractivity contribution in [3.8, 4) is 11.1 Å². The molecule has 0 aromatic heterocycles. The van der Waals surface area contributed by atoms with Gasteiger partial charge in [0, 0.05) is 6.54 Å². The van der Waals surface area contributed by atoms with E-state index in [0.29, 0.717) is 18.7 Å². The molecule has 1 heterocycles. The van der Waals surface area contributed by atoms with Crippen LogP contribution in [0.2, 0.25) is 0 Å². The standard InChI is InChI=1S/C16H16FNO2S/c1-12-9-14(11-15(17)10-12)13-3-5-16(6-4-13)18-7-2-8-21(18,19)20/h3-6,9-11H,2,7-8H2,1H3. The van der Waals surface area contributed by atoms with E-state index in [2.05, 4.69) is 0 Å². The van der Waals surface area contributed by atoms with Gasteiger partial charge in [-0.2, -0.15) is 0 Å². The zero-order valence-corrected chi connectivity index (χ0v) is 12.5. The molecule has 21 heavy (non-hydrogen) atoms. The van der Waals surface area contributed by atoms with Gasteiger partial charge in [0.25, 0.3) is 0 Å². The van der Waals surface area contributed by atoms with Crippen LogP contribution in [0.25, 0.3) is 11.1 Å². The largest absolute Gasteiger partial charge is 0.270 e. The normalized spacial score (nSPS) is 17.1. The molecule has 1 aliphatic rings. The number of benzene rings is 2. The highest BCUT2D eigenvalue weighted by molar-refractivity contribution is 7.93. The molecule has 1 fully saturated rings. The third-order valence-electron chi connectivity index (χ3n) is 3.63. The summed E-state index contributed by atoms with van der Waals surface area (Å²) < 4.78 is 38.7. The van der Waals surface area contributed by atoms with Crippen molar-refractivity contribution in [2.75, 3.05) is 16.6 Å². The van der Waals surface area contributed by atoms with Gasteiger partial charge in [0.05, 0.1) is 11.4 Å². The second-order valence-corrected chi connectivity index (χ2v) is 7.32. The lowest BCUT2D eigenvalue weighted by Gasteiger charge is -2.17. The number of rotatable bonds is 2. The maximum absolute atomic E-state index is 13.5. The van der Waals surface area contributed by atoms with Crippen molar-refractivity contribution < 1.29 is 12.8 Å². The van der Waals surface area contributed by atoms with E-state index in [-0.39, 0.29) is 11.6 Å². The number of hydrogen-bond acceptors (Lipinski definition) is 2. The first-order valence-electron chi connectivity index (χ1n) is 6.84. The fourth-order valence-corrected chi connectivity index (χ4v) is 4.22. The van der Waals surface area contributed by atoms with Gasteiger partial charge in [-0.3, -0.25) is 4.31 Å². The van der Waals surface area contributed by atoms with Crippen LogP contribution >= 0.6 is 0 Å². The van der Waals surface area contributed by atoms with Crippen LogP contribution in [0.5, 0.6) is 0 Å². The smallest absolute Gasteiger partial charge is 0.235 e. The molecule has 1 saturated heterocycles. The summed E-state index contributed by atoms with van der Waals surface area (Å²) in [6, 6.07) is 12.1. The topological polar surface area (TPSA) is 37.4 Å². The van der Waals surface area contributed by atoms with E-state index in [1.165, 1.54) is 16.4 Å². The zero-order valence-electron chi connectivity index (χ0n) is 11.7. The van der Waals surface area contributed by atoms with Crippen LogP contribution in [0, 0.1) is 12.7 Å². The molecule has 0 N–H and O–H groups in total. The molecule has 0 amide bonds. The number of anilines is 1. The van der Waals surface area contributed by atoms with Crippen LogP contribution in [-0.2, 0) is 10.0 Å². The molecular weight excluding hydrogens is 289 g/mol. The Morgan fingerprint density at radius 1 is 1.05 bits per heavy atom. The molecule has 0 unspecified atom stereocenters. The Morgan fingerprint density at radius 2 is 1.76 bits per heavy atom. The molecule has 5 heteroatoms. The van der Waals surface area contributed by atoms with Crippen LogP contribution in [0.15, 0.2) is 42.5 Å². The van der Waals surface area contributed by atoms with Gasteiger partial charge in [-0.15, -0.1) is 0 Å². The van der Waals surface area contributed by atoms with Crippen molar-refractivity contribution in [3.63, 3.8) is 0 Å². The van der Waals surface area contributed by atoms with E-state index in [4.69, 9.17) is 0 Å². The Labute approximate surface area is 124 Å². The van der Waals surface area contributed by atoms with E-state index in [1.54, 1.807) is 12.1 Å². The van der Waals surface area contributed by atoms with Gasteiger partial charge in [-0.1, -0.05) is 18.2 Å². The first-order valence-corrected chi connectivity index (χ1v) is 8.45. The van der Waals surface area contributed by atoms with E-state index in [0.717, 1.165) is 16.7 Å². The number of halogens is 1. The van der Waals surface area contributed by atoms with Gasteiger partial charge in [-0.25, -0.2) is 12.8 Å². The van der Waals surface area contributed by atoms with Gasteiger partial charge in [0.2, 0.25) is 10.0 Å². The van der Waals surface area contributed by atoms with Gasteiger partial charge in [-0.05, 0) is 54.3 Å². The SMILES string of the molecule is Cc1cc(F)cc(-c2ccc(N3CCCS3(=O)=O)cc2)c1. The summed E-state index contributed by atoms with van der Waals surface area (Å²) in [7, 11) is -3.16. The molecule has 0 bridgehead atoms. The Balaban J connectivity index is 1.94. The maximum Gasteiger partial charge on any atom is 0.235 e. The van der Waals surface area contributed by atoms with E-state index in [1.807, 2.05) is 25.1 Å². The van der Waals surface area contributed by atoms with Crippen molar-refractivity contribution in [2.24, 2.45) is 0 Å². The molecular formula is C16H16FNO2S. The summed E-state index contributed by atoms with van der Waals surface area (Å²) in [5.41, 5.74) is 3.20. The summed E-state index contributed by atoms with van der Waals surface area (Å²) in [5.74, 6) is -0.0612. The van der Waals surface area contributed by atoms with Crippen molar-refractivity contribution >= 4 is 15.7 Å². The fourth-order valence-electron chi connectivity index (χ4n) is 2.65. The number of aryl methyl sites for hydroxylation is 1. The average Bonchev–Trinajstić information content (AvgIpc) is 2.77. The summed E-state index contributed by atoms with van der Waals surface area (Å²) >= 11 is 0. The van der Waals surface area contributed by atoms with Crippen molar-refractivity contribution in [3.05, 3.63) is 53.8 Å². The quantitative estimate of drug-likeness (QED) is 0.853. The molecule has 2 aromatic carbocycles. The minimum Gasteiger partial charge on any atom is -0.270 e. The summed E-state index contributed by atoms with van der Waals surface area (Å²) in [4.78, 5) is 0. The minimum atomic E-state index is -3.16. The van der Waals surface area contributed by atoms with Crippen molar-refractivity contribution in [1.82, 2.24) is 0 Å². The number of hydrogen-bond donors (Lipinski definition) is 0. The second-order valence-electron chi connectivity index (χ2n) is 5.31. The molecule has 0 saturated carbocycles. The van der Waals surface area contributed by atoms with Gasteiger partial charge < -0.3 is 0 Å². The molecule has 3 nitrogen and oxygen atoms in total. The van der Waals surface area contributed by atoms with Crippen LogP contribution < -0.4 is 4.31 Å². The monoisotopic (exact) mass is 305 g/mol. The molecule has 2 aromatic rings. The van der Waals surface area contributed by atoms with Crippen LogP contribution in [-0.4, -0.2) is 20.7 Å². The molecule has 1 aliphatic heterocycles. The Bertz CT molecular complexity index is 749. The molecule has 0 spiro atoms. The van der Waals surface area contributed by atoms with Crippen molar-refractivity contribution in [2.45, 2.75) is 13.3 Å². The maximum atomic E-state index is 13.5. The number of sulfonamides is 1. The molecule has 3 rings (SSSR count). The molecule has 110 valence electrons. The lowest BCUT2D eigenvalue weighted by molar-refractivity contribution is 0.599. The Hall–Kier alpha value is -1.88. The van der Waals surface area contributed by atoms with E-state index >= 15 is 0 Å². The fraction of sp³-hybridized carbons (Fsp3) is 0.250. The van der Waals surface area contributed by atoms with Crippen LogP contribution in [0.1, 0.15) is 12.0 Å². The predicted octanol–water partition coefficient (Wildman–Crippen LogP) is 3.34. The summed E-state index contributed by atoms with van der Waals surface area (Å²) in [6.07, 6.45) is 0.660. The number of nitrogens with zero attached hydrogens (tertiary/aromatic N) is 1. The van der Waals surface area contributed by atoms with Gasteiger partial charge >= 0.3 is 0 Å². The molecule has 0 atom stereocenters. The lowest BCUT2D eigenvalue weighted by Crippen LogP contribution is -2.24. The van der Waals surface area contributed by atoms with E-state index in [9.17, 15) is 12.8 Å². The summed E-state index contributed by atoms with van der Waals surface area (Å²) in [5, 5.41) is 0. The van der Waals surface area contributed by atoms with Crippen LogP contribution in [0.3, 0.4) is 0 Å². The minimum absolute atomic E-state index is 0.206. The van der Waals surface area contributed by atoms with Gasteiger partial charge in [0.1, 0.15) is 5.82 Å². The Kier molecular flexibility index (Phi) is 3.45. The van der Waals surface area contributed by atoms with Crippen LogP contribution in [0.4, 0.5) is 10.1 Å². The zero-order chi connectivity index (χ0) is 15.0. The highest BCUT2D eigenvalue weighted by Crippen LogP contribution is 2.28. The first-order chi connectivity index (χ1) is 9.95. The van der Waals surface area contributed by atoms with Gasteiger partial charge in [0.15, 0.2) is 0 Å². The van der Waals surface area contributed by atoms with Crippen molar-refractivity contribution in [1.29, 1.82) is 0 Å². The highest BCUT2D eigenvalue weighted by atomic mass is 32.2. The third-order valence-corrected chi connectivity index (χ3v) is 5.50. The lowest BCUT2D eigenvalue weighted by atomic mass is 10.0. The second kappa shape index (κ2) is 5.15. The molecule has 0 radical (unpaired) electrons. The Morgan fingerprint density at radius 3 is 2.33 bits per heavy atom. The van der Waals surface area contributed by atoms with E-state index < -0.39 is 10.0 Å². The predicted molar refractivity (Wildman–Crippen MR) is 82.3 cm³/mol.